The van der Waals surface area contributed by atoms with E-state index in [4.69, 9.17) is 4.74 Å². The number of carbonyl (C=O) groups is 1. The van der Waals surface area contributed by atoms with E-state index >= 15 is 0 Å². The summed E-state index contributed by atoms with van der Waals surface area (Å²) in [7, 11) is -1.74. The first-order valence-corrected chi connectivity index (χ1v) is 9.03. The van der Waals surface area contributed by atoms with Gasteiger partial charge in [-0.05, 0) is 25.7 Å². The van der Waals surface area contributed by atoms with E-state index in [1.165, 1.54) is 0 Å². The highest BCUT2D eigenvalue weighted by Crippen LogP contribution is 2.34. The fourth-order valence-corrected chi connectivity index (χ4v) is 3.11. The lowest BCUT2D eigenvalue weighted by atomic mass is 9.77. The van der Waals surface area contributed by atoms with Crippen LogP contribution in [0.5, 0.6) is 0 Å². The molecule has 0 aliphatic carbocycles. The van der Waals surface area contributed by atoms with Gasteiger partial charge in [0.05, 0.1) is 19.4 Å². The van der Waals surface area contributed by atoms with Gasteiger partial charge in [-0.1, -0.05) is 0 Å². The third-order valence-electron chi connectivity index (χ3n) is 3.89. The highest BCUT2D eigenvalue weighted by atomic mass is 32.2. The van der Waals surface area contributed by atoms with Crippen molar-refractivity contribution in [3.8, 4) is 0 Å². The molecule has 21 heavy (non-hydrogen) atoms. The summed E-state index contributed by atoms with van der Waals surface area (Å²) < 4.78 is 29.3. The van der Waals surface area contributed by atoms with Crippen molar-refractivity contribution in [3.05, 3.63) is 0 Å². The standard InChI is InChI=1S/C13H26N2O5S/c1-20-8-4-6-13(11-16)5-3-7-15(10-13)12(17)9-14-21(2,18)19/h14,16H,3-11H2,1-2H3/t13-/m1/s1. The topological polar surface area (TPSA) is 95.9 Å². The van der Waals surface area contributed by atoms with E-state index in [2.05, 4.69) is 4.72 Å². The van der Waals surface area contributed by atoms with Crippen molar-refractivity contribution in [2.24, 2.45) is 5.41 Å². The predicted molar refractivity (Wildman–Crippen MR) is 79.3 cm³/mol. The Bertz CT molecular complexity index is 440. The Morgan fingerprint density at radius 3 is 2.76 bits per heavy atom. The van der Waals surface area contributed by atoms with Gasteiger partial charge in [0, 0.05) is 32.2 Å². The number of nitrogens with one attached hydrogen (secondary N) is 1. The first-order chi connectivity index (χ1) is 9.82. The summed E-state index contributed by atoms with van der Waals surface area (Å²) in [6, 6.07) is 0. The van der Waals surface area contributed by atoms with Crippen LogP contribution in [-0.2, 0) is 19.6 Å². The quantitative estimate of drug-likeness (QED) is 0.591. The molecule has 0 bridgehead atoms. The first kappa shape index (κ1) is 18.3. The molecule has 0 unspecified atom stereocenters. The molecule has 0 saturated carbocycles. The predicted octanol–water partition coefficient (Wildman–Crippen LogP) is -0.437. The van der Waals surface area contributed by atoms with Crippen LogP contribution >= 0.6 is 0 Å². The molecule has 0 aromatic rings. The number of hydrogen-bond acceptors (Lipinski definition) is 5. The Hall–Kier alpha value is -0.700. The summed E-state index contributed by atoms with van der Waals surface area (Å²) in [6.45, 7) is 1.51. The molecule has 1 amide bonds. The van der Waals surface area contributed by atoms with Gasteiger partial charge in [-0.3, -0.25) is 4.79 Å². The number of sulfonamides is 1. The number of likely N-dealkylation sites (tertiary alicyclic amines) is 1. The number of hydrogen-bond donors (Lipinski definition) is 2. The molecule has 2 N–H and O–H groups in total. The van der Waals surface area contributed by atoms with Gasteiger partial charge in [0.2, 0.25) is 15.9 Å². The highest BCUT2D eigenvalue weighted by molar-refractivity contribution is 7.88. The Balaban J connectivity index is 2.58. The normalized spacial score (nSPS) is 23.3. The first-order valence-electron chi connectivity index (χ1n) is 7.14. The molecule has 7 nitrogen and oxygen atoms in total. The van der Waals surface area contributed by atoms with Gasteiger partial charge in [-0.2, -0.15) is 0 Å². The molecule has 0 radical (unpaired) electrons. The second-order valence-corrected chi connectivity index (χ2v) is 7.60. The van der Waals surface area contributed by atoms with Crippen molar-refractivity contribution in [1.29, 1.82) is 0 Å². The molecule has 0 aromatic carbocycles. The van der Waals surface area contributed by atoms with Crippen molar-refractivity contribution in [2.45, 2.75) is 25.7 Å². The molecule has 1 fully saturated rings. The zero-order valence-corrected chi connectivity index (χ0v) is 13.6. The third-order valence-corrected chi connectivity index (χ3v) is 4.56. The zero-order valence-electron chi connectivity index (χ0n) is 12.8. The van der Waals surface area contributed by atoms with E-state index in [9.17, 15) is 18.3 Å². The second kappa shape index (κ2) is 8.07. The lowest BCUT2D eigenvalue weighted by molar-refractivity contribution is -0.134. The minimum atomic E-state index is -3.37. The summed E-state index contributed by atoms with van der Waals surface area (Å²) in [5, 5.41) is 9.71. The van der Waals surface area contributed by atoms with Crippen molar-refractivity contribution in [3.63, 3.8) is 0 Å². The lowest BCUT2D eigenvalue weighted by Crippen LogP contribution is -2.50. The van der Waals surface area contributed by atoms with Gasteiger partial charge in [-0.25, -0.2) is 13.1 Å². The average Bonchev–Trinajstić information content (AvgIpc) is 2.44. The van der Waals surface area contributed by atoms with Gasteiger partial charge >= 0.3 is 0 Å². The fraction of sp³-hybridized carbons (Fsp3) is 0.923. The van der Waals surface area contributed by atoms with E-state index in [0.29, 0.717) is 19.7 Å². The molecule has 1 heterocycles. The van der Waals surface area contributed by atoms with Crippen LogP contribution in [0.4, 0.5) is 0 Å². The van der Waals surface area contributed by atoms with E-state index < -0.39 is 10.0 Å². The summed E-state index contributed by atoms with van der Waals surface area (Å²) >= 11 is 0. The number of aliphatic hydroxyl groups excluding tert-OH is 1. The summed E-state index contributed by atoms with van der Waals surface area (Å²) in [4.78, 5) is 13.7. The molecule has 1 rings (SSSR count). The van der Waals surface area contributed by atoms with Gasteiger partial charge in [-0.15, -0.1) is 0 Å². The number of amides is 1. The Morgan fingerprint density at radius 2 is 2.19 bits per heavy atom. The van der Waals surface area contributed by atoms with E-state index in [0.717, 1.165) is 31.9 Å². The number of methoxy groups -OCH3 is 1. The highest BCUT2D eigenvalue weighted by Gasteiger charge is 2.36. The molecule has 124 valence electrons. The number of nitrogens with zero attached hydrogens (tertiary/aromatic N) is 1. The van der Waals surface area contributed by atoms with Crippen LogP contribution in [0.1, 0.15) is 25.7 Å². The number of carbonyl (C=O) groups excluding carboxylic acids is 1. The second-order valence-electron chi connectivity index (χ2n) is 5.77. The molecule has 8 heteroatoms. The van der Waals surface area contributed by atoms with Gasteiger partial charge in [0.1, 0.15) is 0 Å². The van der Waals surface area contributed by atoms with Crippen molar-refractivity contribution >= 4 is 15.9 Å². The van der Waals surface area contributed by atoms with Crippen LogP contribution in [0.25, 0.3) is 0 Å². The molecule has 0 spiro atoms. The Labute approximate surface area is 126 Å². The number of aliphatic hydroxyl groups is 1. The summed E-state index contributed by atoms with van der Waals surface area (Å²) in [5.74, 6) is -0.246. The van der Waals surface area contributed by atoms with Crippen LogP contribution in [0.15, 0.2) is 0 Å². The van der Waals surface area contributed by atoms with Crippen LogP contribution in [0.2, 0.25) is 0 Å². The van der Waals surface area contributed by atoms with Gasteiger partial charge < -0.3 is 14.7 Å². The van der Waals surface area contributed by atoms with Gasteiger partial charge in [0.15, 0.2) is 0 Å². The molecule has 1 aliphatic rings. The van der Waals surface area contributed by atoms with Gasteiger partial charge in [0.25, 0.3) is 0 Å². The summed E-state index contributed by atoms with van der Waals surface area (Å²) in [5.41, 5.74) is -0.294. The monoisotopic (exact) mass is 322 g/mol. The van der Waals surface area contributed by atoms with Crippen molar-refractivity contribution in [1.82, 2.24) is 9.62 Å². The van der Waals surface area contributed by atoms with Crippen LogP contribution in [0, 0.1) is 5.41 Å². The van der Waals surface area contributed by atoms with Crippen LogP contribution < -0.4 is 4.72 Å². The number of rotatable bonds is 8. The molecule has 1 saturated heterocycles. The number of piperidine rings is 1. The summed E-state index contributed by atoms with van der Waals surface area (Å²) in [6.07, 6.45) is 4.34. The van der Waals surface area contributed by atoms with E-state index in [1.807, 2.05) is 0 Å². The average molecular weight is 322 g/mol. The SMILES string of the molecule is COCCC[C@]1(CO)CCCN(C(=O)CNS(C)(=O)=O)C1. The molecular weight excluding hydrogens is 296 g/mol. The number of ether oxygens (including phenoxy) is 1. The molecule has 1 aliphatic heterocycles. The Morgan fingerprint density at radius 1 is 1.48 bits per heavy atom. The molecular formula is C13H26N2O5S. The minimum Gasteiger partial charge on any atom is -0.396 e. The van der Waals surface area contributed by atoms with Crippen LogP contribution in [0.3, 0.4) is 0 Å². The van der Waals surface area contributed by atoms with Crippen LogP contribution in [-0.4, -0.2) is 70.5 Å². The van der Waals surface area contributed by atoms with E-state index in [1.54, 1.807) is 12.0 Å². The molecule has 1 atom stereocenters. The van der Waals surface area contributed by atoms with E-state index in [-0.39, 0.29) is 24.5 Å². The maximum Gasteiger partial charge on any atom is 0.237 e. The smallest absolute Gasteiger partial charge is 0.237 e. The maximum absolute atomic E-state index is 12.1. The van der Waals surface area contributed by atoms with Crippen molar-refractivity contribution < 1.29 is 23.1 Å². The largest absolute Gasteiger partial charge is 0.396 e. The fourth-order valence-electron chi connectivity index (χ4n) is 2.73. The molecule has 0 aromatic heterocycles. The third kappa shape index (κ3) is 6.29. The maximum atomic E-state index is 12.1. The lowest BCUT2D eigenvalue weighted by Gasteiger charge is -2.42. The Kier molecular flexibility index (Phi) is 7.05. The zero-order chi connectivity index (χ0) is 15.9. The minimum absolute atomic E-state index is 0.0278. The van der Waals surface area contributed by atoms with Crippen molar-refractivity contribution in [2.75, 3.05) is 46.2 Å².